The molecule has 2 aromatic carbocycles. The molecule has 0 aliphatic heterocycles. The smallest absolute Gasteiger partial charge is 0.0225 e. The predicted molar refractivity (Wildman–Crippen MR) is 110 cm³/mol. The molecular formula is C24H31Si. The normalized spacial score (nSPS) is 20.6. The first-order valence-electron chi connectivity index (χ1n) is 10.0. The highest BCUT2D eigenvalue weighted by Gasteiger charge is 2.19. The molecule has 1 aliphatic rings. The summed E-state index contributed by atoms with van der Waals surface area (Å²) < 4.78 is 0. The van der Waals surface area contributed by atoms with Gasteiger partial charge in [0.05, 0.1) is 0 Å². The third kappa shape index (κ3) is 5.57. The minimum absolute atomic E-state index is 0.944. The SMILES string of the molecule is Cc1ccc(-c2ccc(CCCCC3CCC(C[Si])CC3)cc2)cc1. The molecule has 131 valence electrons. The first kappa shape index (κ1) is 18.4. The largest absolute Gasteiger partial charge is 0.0609 e. The second kappa shape index (κ2) is 9.38. The topological polar surface area (TPSA) is 0 Å². The van der Waals surface area contributed by atoms with Crippen LogP contribution in [-0.4, -0.2) is 10.2 Å². The van der Waals surface area contributed by atoms with Gasteiger partial charge in [0.2, 0.25) is 0 Å². The Hall–Kier alpha value is -1.34. The van der Waals surface area contributed by atoms with Gasteiger partial charge >= 0.3 is 0 Å². The molecular weight excluding hydrogens is 316 g/mol. The van der Waals surface area contributed by atoms with Crippen LogP contribution in [0.4, 0.5) is 0 Å². The van der Waals surface area contributed by atoms with E-state index in [2.05, 4.69) is 65.7 Å². The minimum atomic E-state index is 0.944. The predicted octanol–water partition coefficient (Wildman–Crippen LogP) is 6.77. The Morgan fingerprint density at radius 3 is 1.92 bits per heavy atom. The summed E-state index contributed by atoms with van der Waals surface area (Å²) in [4.78, 5) is 0. The molecule has 0 N–H and O–H groups in total. The summed E-state index contributed by atoms with van der Waals surface area (Å²) >= 11 is 0. The van der Waals surface area contributed by atoms with Gasteiger partial charge in [-0.3, -0.25) is 0 Å². The van der Waals surface area contributed by atoms with Gasteiger partial charge < -0.3 is 0 Å². The summed E-state index contributed by atoms with van der Waals surface area (Å²) in [6, 6.07) is 19.2. The van der Waals surface area contributed by atoms with Crippen molar-refractivity contribution in [2.75, 3.05) is 0 Å². The number of hydrogen-bond donors (Lipinski definition) is 0. The fourth-order valence-corrected chi connectivity index (χ4v) is 4.50. The zero-order chi connectivity index (χ0) is 17.5. The number of benzene rings is 2. The summed E-state index contributed by atoms with van der Waals surface area (Å²) in [5.74, 6) is 1.94. The van der Waals surface area contributed by atoms with Gasteiger partial charge in [-0.15, -0.1) is 0 Å². The van der Waals surface area contributed by atoms with Crippen LogP contribution in [0.2, 0.25) is 6.04 Å². The van der Waals surface area contributed by atoms with E-state index in [9.17, 15) is 0 Å². The van der Waals surface area contributed by atoms with Crippen molar-refractivity contribution >= 4 is 10.2 Å². The number of unbranched alkanes of at least 4 members (excludes halogenated alkanes) is 1. The van der Waals surface area contributed by atoms with E-state index in [1.54, 1.807) is 0 Å². The van der Waals surface area contributed by atoms with E-state index in [1.165, 1.54) is 79.7 Å². The molecule has 0 amide bonds. The molecule has 0 spiro atoms. The Morgan fingerprint density at radius 1 is 0.760 bits per heavy atom. The van der Waals surface area contributed by atoms with Crippen molar-refractivity contribution in [3.05, 3.63) is 59.7 Å². The molecule has 1 saturated carbocycles. The van der Waals surface area contributed by atoms with Crippen LogP contribution in [0.3, 0.4) is 0 Å². The molecule has 1 fully saturated rings. The van der Waals surface area contributed by atoms with Gasteiger partial charge in [0, 0.05) is 10.2 Å². The van der Waals surface area contributed by atoms with Crippen LogP contribution in [0.25, 0.3) is 11.1 Å². The Bertz CT molecular complexity index is 618. The van der Waals surface area contributed by atoms with Crippen LogP contribution < -0.4 is 0 Å². The van der Waals surface area contributed by atoms with Crippen LogP contribution in [-0.2, 0) is 6.42 Å². The number of rotatable bonds is 7. The lowest BCUT2D eigenvalue weighted by molar-refractivity contribution is 0.272. The quantitative estimate of drug-likeness (QED) is 0.383. The number of hydrogen-bond acceptors (Lipinski definition) is 0. The molecule has 2 aromatic rings. The van der Waals surface area contributed by atoms with Gasteiger partial charge in [-0.25, -0.2) is 0 Å². The molecule has 0 saturated heterocycles. The zero-order valence-corrected chi connectivity index (χ0v) is 16.6. The van der Waals surface area contributed by atoms with Gasteiger partial charge in [-0.1, -0.05) is 98.7 Å². The summed E-state index contributed by atoms with van der Waals surface area (Å²) in [6.45, 7) is 2.14. The van der Waals surface area contributed by atoms with E-state index in [0.717, 1.165) is 11.8 Å². The van der Waals surface area contributed by atoms with Crippen LogP contribution in [0.15, 0.2) is 48.5 Å². The van der Waals surface area contributed by atoms with E-state index < -0.39 is 0 Å². The summed E-state index contributed by atoms with van der Waals surface area (Å²) in [7, 11) is 3.69. The van der Waals surface area contributed by atoms with E-state index >= 15 is 0 Å². The molecule has 25 heavy (non-hydrogen) atoms. The van der Waals surface area contributed by atoms with E-state index in [4.69, 9.17) is 0 Å². The molecule has 0 unspecified atom stereocenters. The fraction of sp³-hybridized carbons (Fsp3) is 0.500. The van der Waals surface area contributed by atoms with Gasteiger partial charge in [0.1, 0.15) is 0 Å². The monoisotopic (exact) mass is 347 g/mol. The third-order valence-electron chi connectivity index (χ3n) is 5.92. The van der Waals surface area contributed by atoms with Crippen molar-refractivity contribution in [1.29, 1.82) is 0 Å². The van der Waals surface area contributed by atoms with Crippen molar-refractivity contribution < 1.29 is 0 Å². The van der Waals surface area contributed by atoms with Crippen molar-refractivity contribution in [3.8, 4) is 11.1 Å². The first-order valence-corrected chi connectivity index (χ1v) is 10.8. The minimum Gasteiger partial charge on any atom is -0.0609 e. The Labute approximate surface area is 157 Å². The van der Waals surface area contributed by atoms with Crippen LogP contribution >= 0.6 is 0 Å². The van der Waals surface area contributed by atoms with Crippen LogP contribution in [0, 0.1) is 18.8 Å². The van der Waals surface area contributed by atoms with E-state index in [1.807, 2.05) is 0 Å². The highest BCUT2D eigenvalue weighted by molar-refractivity contribution is 6.08. The molecule has 0 aromatic heterocycles. The lowest BCUT2D eigenvalue weighted by atomic mass is 9.80. The first-order chi connectivity index (χ1) is 12.2. The van der Waals surface area contributed by atoms with Crippen molar-refractivity contribution in [3.63, 3.8) is 0 Å². The molecule has 0 bridgehead atoms. The molecule has 1 heteroatoms. The molecule has 0 atom stereocenters. The van der Waals surface area contributed by atoms with Gasteiger partial charge in [-0.2, -0.15) is 0 Å². The Balaban J connectivity index is 1.39. The summed E-state index contributed by atoms with van der Waals surface area (Å²) in [6.07, 6.45) is 11.2. The highest BCUT2D eigenvalue weighted by atomic mass is 28.1. The highest BCUT2D eigenvalue weighted by Crippen LogP contribution is 2.33. The second-order valence-electron chi connectivity index (χ2n) is 7.90. The molecule has 1 aliphatic carbocycles. The average molecular weight is 348 g/mol. The number of aryl methyl sites for hydroxylation is 2. The zero-order valence-electron chi connectivity index (χ0n) is 15.6. The van der Waals surface area contributed by atoms with Gasteiger partial charge in [0.15, 0.2) is 0 Å². The van der Waals surface area contributed by atoms with Crippen LogP contribution in [0.5, 0.6) is 0 Å². The third-order valence-corrected chi connectivity index (χ3v) is 6.50. The maximum atomic E-state index is 3.69. The van der Waals surface area contributed by atoms with Crippen molar-refractivity contribution in [2.24, 2.45) is 11.8 Å². The summed E-state index contributed by atoms with van der Waals surface area (Å²) in [5, 5.41) is 0. The average Bonchev–Trinajstić information content (AvgIpc) is 2.67. The van der Waals surface area contributed by atoms with E-state index in [0.29, 0.717) is 0 Å². The molecule has 0 heterocycles. The maximum Gasteiger partial charge on any atom is 0.0225 e. The van der Waals surface area contributed by atoms with Crippen LogP contribution in [0.1, 0.15) is 56.1 Å². The standard InChI is InChI=1S/C24H31Si/c1-19-6-14-23(15-7-19)24-16-12-21(13-17-24)5-3-2-4-20-8-10-22(18-25)11-9-20/h6-7,12-17,20,22H,2-5,8-11,18H2,1H3. The van der Waals surface area contributed by atoms with Crippen molar-refractivity contribution in [2.45, 2.75) is 64.3 Å². The maximum absolute atomic E-state index is 3.69. The second-order valence-corrected chi connectivity index (χ2v) is 8.31. The molecule has 3 radical (unpaired) electrons. The van der Waals surface area contributed by atoms with Gasteiger partial charge in [-0.05, 0) is 48.3 Å². The molecule has 0 nitrogen and oxygen atoms in total. The Kier molecular flexibility index (Phi) is 6.92. The summed E-state index contributed by atoms with van der Waals surface area (Å²) in [5.41, 5.74) is 5.45. The van der Waals surface area contributed by atoms with Crippen molar-refractivity contribution in [1.82, 2.24) is 0 Å². The Morgan fingerprint density at radius 2 is 1.32 bits per heavy atom. The lowest BCUT2D eigenvalue weighted by Gasteiger charge is -2.27. The molecule has 3 rings (SSSR count). The lowest BCUT2D eigenvalue weighted by Crippen LogP contribution is -2.14. The van der Waals surface area contributed by atoms with Gasteiger partial charge in [0.25, 0.3) is 0 Å². The fourth-order valence-electron chi connectivity index (χ4n) is 4.10. The van der Waals surface area contributed by atoms with E-state index in [-0.39, 0.29) is 0 Å².